The van der Waals surface area contributed by atoms with Gasteiger partial charge in [-0.05, 0) is 12.1 Å². The topological polar surface area (TPSA) is 34.9 Å². The first-order valence-corrected chi connectivity index (χ1v) is 13.7. The van der Waals surface area contributed by atoms with E-state index in [4.69, 9.17) is 0 Å². The number of aromatic nitrogens is 2. The van der Waals surface area contributed by atoms with E-state index < -0.39 is 7.14 Å². The molecule has 0 N–H and O–H groups in total. The number of hydrogen-bond acceptors (Lipinski definition) is 2. The van der Waals surface area contributed by atoms with Crippen LogP contribution >= 0.6 is 7.14 Å². The van der Waals surface area contributed by atoms with E-state index in [1.54, 1.807) is 0 Å². The smallest absolute Gasteiger partial charge is 0.147 e. The minimum atomic E-state index is -2.83. The van der Waals surface area contributed by atoms with E-state index in [-0.39, 0.29) is 20.1 Å². The molecule has 0 saturated carbocycles. The van der Waals surface area contributed by atoms with Crippen LogP contribution in [0.15, 0.2) is 152 Å². The van der Waals surface area contributed by atoms with Gasteiger partial charge in [0, 0.05) is 48.8 Å². The molecule has 5 heteroatoms. The molecule has 5 aromatic carbocycles. The molecule has 1 radical (unpaired) electrons. The van der Waals surface area contributed by atoms with E-state index in [9.17, 15) is 4.57 Å². The standard InChI is InChI=1S/C18H14OP.C15H11N2.Ir/c19-20(16-10-4-1-5-11-16,17-12-6-2-7-13-17)18-14-8-3-9-15-18;1-3-7-13(8-4-1)15-16-11-12-17(15)14-9-5-2-6-10-14;/h1-14H;1-7,9-12H;/q2*-1;. The third-order valence-electron chi connectivity index (χ3n) is 5.90. The zero-order valence-corrected chi connectivity index (χ0v) is 23.8. The Morgan fingerprint density at radius 2 is 1.13 bits per heavy atom. The van der Waals surface area contributed by atoms with Crippen molar-refractivity contribution < 1.29 is 24.7 Å². The van der Waals surface area contributed by atoms with Crippen LogP contribution < -0.4 is 15.9 Å². The van der Waals surface area contributed by atoms with Gasteiger partial charge in [-0.3, -0.25) is 4.98 Å². The largest absolute Gasteiger partial charge is 0.340 e. The van der Waals surface area contributed by atoms with Crippen LogP contribution in [0.25, 0.3) is 17.1 Å². The Labute approximate surface area is 237 Å². The SMILES string of the molecule is O=P(c1[c-]cccc1)(c1ccccc1)c1ccccc1.[Ir].[c-]1ccccc1-c1nccn1-c1ccccc1. The van der Waals surface area contributed by atoms with E-state index >= 15 is 0 Å². The number of rotatable bonds is 5. The molecule has 38 heavy (non-hydrogen) atoms. The molecule has 6 rings (SSSR count). The molecule has 0 atom stereocenters. The van der Waals surface area contributed by atoms with Gasteiger partial charge in [0.05, 0.1) is 5.82 Å². The van der Waals surface area contributed by atoms with Crippen LogP contribution in [-0.2, 0) is 24.7 Å². The van der Waals surface area contributed by atoms with Gasteiger partial charge in [-0.15, -0.1) is 35.9 Å². The van der Waals surface area contributed by atoms with Crippen molar-refractivity contribution in [1.82, 2.24) is 9.55 Å². The van der Waals surface area contributed by atoms with Gasteiger partial charge in [0.2, 0.25) is 0 Å². The van der Waals surface area contributed by atoms with Crippen molar-refractivity contribution in [3.63, 3.8) is 0 Å². The summed E-state index contributed by atoms with van der Waals surface area (Å²) in [7, 11) is -2.83. The molecule has 0 aliphatic carbocycles. The molecule has 0 spiro atoms. The van der Waals surface area contributed by atoms with Crippen LogP contribution in [0.3, 0.4) is 0 Å². The maximum absolute atomic E-state index is 13.8. The first-order valence-electron chi connectivity index (χ1n) is 12.0. The molecule has 0 bridgehead atoms. The van der Waals surface area contributed by atoms with Crippen molar-refractivity contribution in [3.05, 3.63) is 164 Å². The molecule has 189 valence electrons. The summed E-state index contributed by atoms with van der Waals surface area (Å²) >= 11 is 0. The van der Waals surface area contributed by atoms with Gasteiger partial charge in [0.25, 0.3) is 0 Å². The molecule has 3 nitrogen and oxygen atoms in total. The van der Waals surface area contributed by atoms with E-state index in [0.717, 1.165) is 33.0 Å². The van der Waals surface area contributed by atoms with Gasteiger partial charge in [0.1, 0.15) is 7.14 Å². The first kappa shape index (κ1) is 27.2. The first-order chi connectivity index (χ1) is 18.3. The summed E-state index contributed by atoms with van der Waals surface area (Å²) in [6.07, 6.45) is 3.77. The predicted molar refractivity (Wildman–Crippen MR) is 153 cm³/mol. The normalized spacial score (nSPS) is 10.5. The molecule has 6 aromatic rings. The van der Waals surface area contributed by atoms with Crippen LogP contribution in [0.5, 0.6) is 0 Å². The van der Waals surface area contributed by atoms with Crippen LogP contribution in [0.1, 0.15) is 0 Å². The Bertz CT molecular complexity index is 1420. The summed E-state index contributed by atoms with van der Waals surface area (Å²) in [6, 6.07) is 51.2. The molecule has 1 aromatic heterocycles. The minimum Gasteiger partial charge on any atom is -0.340 e. The number of imidazole rings is 1. The number of para-hydroxylation sites is 1. The van der Waals surface area contributed by atoms with E-state index in [1.165, 1.54) is 0 Å². The molecule has 0 amide bonds. The van der Waals surface area contributed by atoms with Gasteiger partial charge in [0.15, 0.2) is 0 Å². The molecular weight excluding hydrogens is 664 g/mol. The summed E-state index contributed by atoms with van der Waals surface area (Å²) < 4.78 is 15.8. The van der Waals surface area contributed by atoms with Crippen molar-refractivity contribution in [3.8, 4) is 17.1 Å². The van der Waals surface area contributed by atoms with Crippen LogP contribution in [-0.4, -0.2) is 9.55 Å². The average Bonchev–Trinajstić information content (AvgIpc) is 3.50. The van der Waals surface area contributed by atoms with Gasteiger partial charge in [-0.2, -0.15) is 30.3 Å². The Balaban J connectivity index is 0.000000174. The van der Waals surface area contributed by atoms with Crippen LogP contribution in [0.2, 0.25) is 0 Å². The fourth-order valence-electron chi connectivity index (χ4n) is 4.11. The maximum Gasteiger partial charge on any atom is 0.147 e. The minimum absolute atomic E-state index is 0. The van der Waals surface area contributed by atoms with Crippen LogP contribution in [0, 0.1) is 12.1 Å². The summed E-state index contributed by atoms with van der Waals surface area (Å²) in [5.74, 6) is 0.914. The number of benzene rings is 5. The zero-order chi connectivity index (χ0) is 25.3. The third kappa shape index (κ3) is 6.01. The Morgan fingerprint density at radius 1 is 0.605 bits per heavy atom. The van der Waals surface area contributed by atoms with Gasteiger partial charge in [-0.1, -0.05) is 84.2 Å². The van der Waals surface area contributed by atoms with Crippen molar-refractivity contribution in [2.75, 3.05) is 0 Å². The molecule has 0 unspecified atom stereocenters. The number of nitrogens with zero attached hydrogens (tertiary/aromatic N) is 2. The second kappa shape index (κ2) is 13.1. The van der Waals surface area contributed by atoms with Crippen molar-refractivity contribution >= 4 is 23.1 Å². The Kier molecular flexibility index (Phi) is 9.40. The zero-order valence-electron chi connectivity index (χ0n) is 20.5. The summed E-state index contributed by atoms with van der Waals surface area (Å²) in [5.41, 5.74) is 2.11. The second-order valence-corrected chi connectivity index (χ2v) is 11.0. The van der Waals surface area contributed by atoms with E-state index in [0.29, 0.717) is 0 Å². The summed E-state index contributed by atoms with van der Waals surface area (Å²) in [5, 5.41) is 2.43. The van der Waals surface area contributed by atoms with Crippen molar-refractivity contribution in [2.24, 2.45) is 0 Å². The molecule has 0 aliphatic heterocycles. The second-order valence-electron chi connectivity index (χ2n) is 8.26. The quantitative estimate of drug-likeness (QED) is 0.154. The van der Waals surface area contributed by atoms with E-state index in [2.05, 4.69) is 33.8 Å². The van der Waals surface area contributed by atoms with E-state index in [1.807, 2.05) is 140 Å². The molecule has 0 fully saturated rings. The Morgan fingerprint density at radius 3 is 1.66 bits per heavy atom. The molecule has 1 heterocycles. The summed E-state index contributed by atoms with van der Waals surface area (Å²) in [6.45, 7) is 0. The Hall–Kier alpha value is -3.81. The van der Waals surface area contributed by atoms with Crippen molar-refractivity contribution in [1.29, 1.82) is 0 Å². The molecule has 0 aliphatic rings. The van der Waals surface area contributed by atoms with Gasteiger partial charge >= 0.3 is 0 Å². The summed E-state index contributed by atoms with van der Waals surface area (Å²) in [4.78, 5) is 4.39. The van der Waals surface area contributed by atoms with Crippen molar-refractivity contribution in [2.45, 2.75) is 0 Å². The molecular formula is C33H25IrN2OP-2. The predicted octanol–water partition coefficient (Wildman–Crippen LogP) is 6.46. The maximum atomic E-state index is 13.8. The van der Waals surface area contributed by atoms with Gasteiger partial charge in [-0.25, -0.2) is 0 Å². The molecule has 0 saturated heterocycles. The van der Waals surface area contributed by atoms with Gasteiger partial charge < -0.3 is 9.13 Å². The fourth-order valence-corrected chi connectivity index (χ4v) is 6.71. The average molecular weight is 689 g/mol. The fraction of sp³-hybridized carbons (Fsp3) is 0. The monoisotopic (exact) mass is 689 g/mol. The number of hydrogen-bond donors (Lipinski definition) is 0. The third-order valence-corrected chi connectivity index (χ3v) is 8.90. The van der Waals surface area contributed by atoms with Crippen LogP contribution in [0.4, 0.5) is 0 Å².